The molecule has 3 nitrogen and oxygen atoms in total. The topological polar surface area (TPSA) is 32.5 Å². The predicted molar refractivity (Wildman–Crippen MR) is 92.9 cm³/mol. The van der Waals surface area contributed by atoms with Crippen molar-refractivity contribution >= 4 is 11.8 Å². The van der Waals surface area contributed by atoms with Crippen LogP contribution in [0.2, 0.25) is 0 Å². The van der Waals surface area contributed by atoms with Crippen LogP contribution in [0.25, 0.3) is 0 Å². The van der Waals surface area contributed by atoms with E-state index < -0.39 is 0 Å². The van der Waals surface area contributed by atoms with Crippen molar-refractivity contribution in [2.45, 2.75) is 24.8 Å². The molecule has 1 fully saturated rings. The van der Waals surface area contributed by atoms with Crippen molar-refractivity contribution in [3.8, 4) is 0 Å². The molecule has 1 heterocycles. The Morgan fingerprint density at radius 3 is 2.19 bits per heavy atom. The molecule has 0 radical (unpaired) electrons. The van der Waals surface area contributed by atoms with Crippen LogP contribution >= 0.6 is 11.8 Å². The average Bonchev–Trinajstić information content (AvgIpc) is 2.50. The van der Waals surface area contributed by atoms with Crippen LogP contribution in [-0.2, 0) is 0 Å². The Balaban J connectivity index is 1.95. The van der Waals surface area contributed by atoms with Crippen LogP contribution < -0.4 is 5.73 Å². The Bertz CT molecular complexity index is 411. The smallest absolute Gasteiger partial charge is 0.0471 e. The number of hydrogen-bond donors (Lipinski definition) is 1. The van der Waals surface area contributed by atoms with Gasteiger partial charge in [0.25, 0.3) is 0 Å². The van der Waals surface area contributed by atoms with Crippen molar-refractivity contribution in [3.63, 3.8) is 0 Å². The molecule has 1 aliphatic rings. The molecule has 4 heteroatoms. The third-order valence-electron chi connectivity index (χ3n) is 4.19. The summed E-state index contributed by atoms with van der Waals surface area (Å²) in [6, 6.07) is 9.25. The summed E-state index contributed by atoms with van der Waals surface area (Å²) >= 11 is 1.79. The molecule has 1 aromatic carbocycles. The highest BCUT2D eigenvalue weighted by atomic mass is 32.2. The quantitative estimate of drug-likeness (QED) is 0.819. The Labute approximate surface area is 133 Å². The van der Waals surface area contributed by atoms with Crippen LogP contribution in [0.4, 0.5) is 0 Å². The van der Waals surface area contributed by atoms with Crippen molar-refractivity contribution in [1.82, 2.24) is 9.80 Å². The second kappa shape index (κ2) is 8.18. The standard InChI is InChI=1S/C17H29N3S/c1-14(2)13-19-8-10-20(11-9-19)17(12-18)15-4-6-16(21-3)7-5-15/h4-7,14,17H,8-13,18H2,1-3H3. The Kier molecular flexibility index (Phi) is 6.55. The summed E-state index contributed by atoms with van der Waals surface area (Å²) in [6.07, 6.45) is 2.11. The molecular formula is C17H29N3S. The summed E-state index contributed by atoms with van der Waals surface area (Å²) in [5, 5.41) is 0. The van der Waals surface area contributed by atoms with E-state index in [1.54, 1.807) is 11.8 Å². The van der Waals surface area contributed by atoms with Gasteiger partial charge >= 0.3 is 0 Å². The Morgan fingerprint density at radius 2 is 1.71 bits per heavy atom. The van der Waals surface area contributed by atoms with Crippen molar-refractivity contribution in [2.75, 3.05) is 45.5 Å². The maximum atomic E-state index is 6.06. The van der Waals surface area contributed by atoms with Crippen molar-refractivity contribution < 1.29 is 0 Å². The van der Waals surface area contributed by atoms with Gasteiger partial charge in [0.2, 0.25) is 0 Å². The highest BCUT2D eigenvalue weighted by molar-refractivity contribution is 7.98. The first-order valence-electron chi connectivity index (χ1n) is 7.94. The zero-order chi connectivity index (χ0) is 15.2. The van der Waals surface area contributed by atoms with Gasteiger partial charge in [0.1, 0.15) is 0 Å². The minimum absolute atomic E-state index is 0.363. The molecule has 0 spiro atoms. The fourth-order valence-corrected chi connectivity index (χ4v) is 3.50. The van der Waals surface area contributed by atoms with Crippen molar-refractivity contribution in [1.29, 1.82) is 0 Å². The SMILES string of the molecule is CSc1ccc(C(CN)N2CCN(CC(C)C)CC2)cc1. The fraction of sp³-hybridized carbons (Fsp3) is 0.647. The lowest BCUT2D eigenvalue weighted by atomic mass is 10.0. The molecule has 1 aromatic rings. The second-order valence-corrected chi connectivity index (χ2v) is 7.13. The number of piperazine rings is 1. The van der Waals surface area contributed by atoms with Crippen LogP contribution in [0.15, 0.2) is 29.2 Å². The zero-order valence-corrected chi connectivity index (χ0v) is 14.4. The lowest BCUT2D eigenvalue weighted by Crippen LogP contribution is -2.49. The van der Waals surface area contributed by atoms with E-state index >= 15 is 0 Å². The van der Waals surface area contributed by atoms with Gasteiger partial charge in [0.05, 0.1) is 0 Å². The molecule has 0 aliphatic carbocycles. The van der Waals surface area contributed by atoms with Gasteiger partial charge in [-0.15, -0.1) is 11.8 Å². The van der Waals surface area contributed by atoms with Gasteiger partial charge in [-0.1, -0.05) is 26.0 Å². The lowest BCUT2D eigenvalue weighted by molar-refractivity contribution is 0.0912. The molecule has 0 saturated carbocycles. The molecule has 1 aliphatic heterocycles. The average molecular weight is 308 g/mol. The van der Waals surface area contributed by atoms with E-state index in [-0.39, 0.29) is 0 Å². The zero-order valence-electron chi connectivity index (χ0n) is 13.6. The molecule has 118 valence electrons. The Hall–Kier alpha value is -0.550. The van der Waals surface area contributed by atoms with E-state index in [2.05, 4.69) is 54.2 Å². The normalized spacial score (nSPS) is 19.1. The van der Waals surface area contributed by atoms with E-state index in [4.69, 9.17) is 5.73 Å². The van der Waals surface area contributed by atoms with Gasteiger partial charge in [0, 0.05) is 50.2 Å². The maximum absolute atomic E-state index is 6.06. The summed E-state index contributed by atoms with van der Waals surface area (Å²) in [4.78, 5) is 6.44. The molecule has 1 unspecified atom stereocenters. The Morgan fingerprint density at radius 1 is 1.10 bits per heavy atom. The first-order chi connectivity index (χ1) is 10.1. The molecule has 0 amide bonds. The van der Waals surface area contributed by atoms with E-state index in [1.165, 1.54) is 17.0 Å². The summed E-state index contributed by atoms with van der Waals surface area (Å²) in [5.41, 5.74) is 7.42. The first-order valence-corrected chi connectivity index (χ1v) is 9.17. The highest BCUT2D eigenvalue weighted by Crippen LogP contribution is 2.24. The third kappa shape index (κ3) is 4.71. The molecule has 0 aromatic heterocycles. The number of nitrogens with two attached hydrogens (primary N) is 1. The van der Waals surface area contributed by atoms with Crippen molar-refractivity contribution in [2.24, 2.45) is 11.7 Å². The number of rotatable bonds is 6. The molecule has 21 heavy (non-hydrogen) atoms. The predicted octanol–water partition coefficient (Wildman–Crippen LogP) is 2.68. The lowest BCUT2D eigenvalue weighted by Gasteiger charge is -2.39. The van der Waals surface area contributed by atoms with E-state index in [0.717, 1.165) is 32.1 Å². The molecule has 2 rings (SSSR count). The van der Waals surface area contributed by atoms with Gasteiger partial charge in [-0.25, -0.2) is 0 Å². The van der Waals surface area contributed by atoms with Gasteiger partial charge in [0.15, 0.2) is 0 Å². The largest absolute Gasteiger partial charge is 0.329 e. The van der Waals surface area contributed by atoms with Gasteiger partial charge < -0.3 is 10.6 Å². The van der Waals surface area contributed by atoms with Gasteiger partial charge in [-0.05, 0) is 29.9 Å². The molecule has 0 bridgehead atoms. The summed E-state index contributed by atoms with van der Waals surface area (Å²) in [5.74, 6) is 0.751. The number of nitrogens with zero attached hydrogens (tertiary/aromatic N) is 2. The highest BCUT2D eigenvalue weighted by Gasteiger charge is 2.24. The second-order valence-electron chi connectivity index (χ2n) is 6.26. The number of benzene rings is 1. The van der Waals surface area contributed by atoms with Crippen LogP contribution in [0.5, 0.6) is 0 Å². The minimum atomic E-state index is 0.363. The number of thioether (sulfide) groups is 1. The van der Waals surface area contributed by atoms with Crippen LogP contribution in [0.1, 0.15) is 25.5 Å². The monoisotopic (exact) mass is 307 g/mol. The molecular weight excluding hydrogens is 278 g/mol. The van der Waals surface area contributed by atoms with E-state index in [9.17, 15) is 0 Å². The fourth-order valence-electron chi connectivity index (χ4n) is 3.10. The van der Waals surface area contributed by atoms with E-state index in [1.807, 2.05) is 0 Å². The molecule has 2 N–H and O–H groups in total. The first kappa shape index (κ1) is 16.8. The molecule has 1 saturated heterocycles. The van der Waals surface area contributed by atoms with Gasteiger partial charge in [-0.2, -0.15) is 0 Å². The maximum Gasteiger partial charge on any atom is 0.0471 e. The summed E-state index contributed by atoms with van der Waals surface area (Å²) in [7, 11) is 0. The summed E-state index contributed by atoms with van der Waals surface area (Å²) < 4.78 is 0. The van der Waals surface area contributed by atoms with E-state index in [0.29, 0.717) is 12.6 Å². The molecule has 1 atom stereocenters. The van der Waals surface area contributed by atoms with Crippen LogP contribution in [-0.4, -0.2) is 55.3 Å². The van der Waals surface area contributed by atoms with Crippen LogP contribution in [0.3, 0.4) is 0 Å². The minimum Gasteiger partial charge on any atom is -0.329 e. The van der Waals surface area contributed by atoms with Crippen LogP contribution in [0, 0.1) is 5.92 Å². The number of hydrogen-bond acceptors (Lipinski definition) is 4. The van der Waals surface area contributed by atoms with Crippen molar-refractivity contribution in [3.05, 3.63) is 29.8 Å². The van der Waals surface area contributed by atoms with Gasteiger partial charge in [-0.3, -0.25) is 4.90 Å². The summed E-state index contributed by atoms with van der Waals surface area (Å²) in [6.45, 7) is 11.1. The third-order valence-corrected chi connectivity index (χ3v) is 4.94.